The Labute approximate surface area is 165 Å². The highest BCUT2D eigenvalue weighted by Crippen LogP contribution is 2.26. The maximum absolute atomic E-state index is 12.1. The lowest BCUT2D eigenvalue weighted by atomic mass is 10.2. The first-order valence-corrected chi connectivity index (χ1v) is 10.9. The van der Waals surface area contributed by atoms with Crippen molar-refractivity contribution in [1.82, 2.24) is 10.2 Å². The minimum Gasteiger partial charge on any atom is -0.356 e. The van der Waals surface area contributed by atoms with Crippen LogP contribution in [-0.2, 0) is 11.3 Å². The molecule has 2 aromatic carbocycles. The molecule has 1 aromatic heterocycles. The predicted octanol–water partition coefficient (Wildman–Crippen LogP) is 4.60. The molecule has 0 aliphatic heterocycles. The number of hydrogen-bond donors (Lipinski definition) is 2. The van der Waals surface area contributed by atoms with Crippen LogP contribution in [0.2, 0.25) is 0 Å². The van der Waals surface area contributed by atoms with Crippen molar-refractivity contribution in [1.29, 1.82) is 0 Å². The number of carbonyl (C=O) groups excluding carboxylic acids is 1. The molecule has 1 heterocycles. The number of anilines is 2. The van der Waals surface area contributed by atoms with Crippen LogP contribution in [0.1, 0.15) is 5.56 Å². The molecule has 2 N–H and O–H groups in total. The Morgan fingerprint density at radius 3 is 2.77 bits per heavy atom. The number of amides is 1. The summed E-state index contributed by atoms with van der Waals surface area (Å²) in [4.78, 5) is 13.2. The summed E-state index contributed by atoms with van der Waals surface area (Å²) in [7, 11) is 0. The van der Waals surface area contributed by atoms with Gasteiger partial charge < -0.3 is 10.6 Å². The lowest BCUT2D eigenvalue weighted by molar-refractivity contribution is -0.113. The van der Waals surface area contributed by atoms with Gasteiger partial charge in [0.2, 0.25) is 11.0 Å². The van der Waals surface area contributed by atoms with E-state index in [4.69, 9.17) is 0 Å². The zero-order valence-electron chi connectivity index (χ0n) is 14.1. The van der Waals surface area contributed by atoms with E-state index in [-0.39, 0.29) is 5.91 Å². The second-order valence-corrected chi connectivity index (χ2v) is 8.36. The SMILES string of the molecule is CSc1cccc(NC(=O)CSc2nnc(NCc3ccccc3)s2)c1. The van der Waals surface area contributed by atoms with Crippen molar-refractivity contribution >= 4 is 51.6 Å². The van der Waals surface area contributed by atoms with Crippen molar-refractivity contribution in [3.05, 3.63) is 60.2 Å². The van der Waals surface area contributed by atoms with Crippen LogP contribution in [0.3, 0.4) is 0 Å². The number of thioether (sulfide) groups is 2. The molecule has 0 radical (unpaired) electrons. The van der Waals surface area contributed by atoms with Crippen LogP contribution in [0.25, 0.3) is 0 Å². The molecule has 0 saturated heterocycles. The fourth-order valence-electron chi connectivity index (χ4n) is 2.14. The van der Waals surface area contributed by atoms with Crippen molar-refractivity contribution < 1.29 is 4.79 Å². The molecule has 0 spiro atoms. The van der Waals surface area contributed by atoms with Gasteiger partial charge in [-0.2, -0.15) is 0 Å². The molecule has 26 heavy (non-hydrogen) atoms. The van der Waals surface area contributed by atoms with Gasteiger partial charge in [0.1, 0.15) is 0 Å². The minimum atomic E-state index is -0.0535. The highest BCUT2D eigenvalue weighted by Gasteiger charge is 2.09. The molecule has 5 nitrogen and oxygen atoms in total. The van der Waals surface area contributed by atoms with Gasteiger partial charge in [0.05, 0.1) is 5.75 Å². The van der Waals surface area contributed by atoms with Crippen LogP contribution >= 0.6 is 34.9 Å². The standard InChI is InChI=1S/C18H18N4OS3/c1-24-15-9-5-8-14(10-15)20-16(23)12-25-18-22-21-17(26-18)19-11-13-6-3-2-4-7-13/h2-10H,11-12H2,1H3,(H,19,21)(H,20,23). The number of aromatic nitrogens is 2. The predicted molar refractivity (Wildman–Crippen MR) is 111 cm³/mol. The van der Waals surface area contributed by atoms with Gasteiger partial charge in [0.15, 0.2) is 4.34 Å². The lowest BCUT2D eigenvalue weighted by Gasteiger charge is -2.05. The largest absolute Gasteiger partial charge is 0.356 e. The van der Waals surface area contributed by atoms with Crippen molar-refractivity contribution in [2.45, 2.75) is 15.8 Å². The summed E-state index contributed by atoms with van der Waals surface area (Å²) >= 11 is 4.49. The summed E-state index contributed by atoms with van der Waals surface area (Å²) in [5.41, 5.74) is 1.99. The maximum Gasteiger partial charge on any atom is 0.234 e. The number of carbonyl (C=O) groups is 1. The molecule has 0 fully saturated rings. The first kappa shape index (κ1) is 18.8. The molecule has 0 atom stereocenters. The van der Waals surface area contributed by atoms with Gasteiger partial charge in [-0.05, 0) is 30.0 Å². The number of benzene rings is 2. The fourth-order valence-corrected chi connectivity index (χ4v) is 4.15. The molecule has 0 saturated carbocycles. The van der Waals surface area contributed by atoms with Crippen LogP contribution in [0, 0.1) is 0 Å². The van der Waals surface area contributed by atoms with E-state index < -0.39 is 0 Å². The lowest BCUT2D eigenvalue weighted by Crippen LogP contribution is -2.13. The zero-order chi connectivity index (χ0) is 18.2. The van der Waals surface area contributed by atoms with Crippen molar-refractivity contribution in [2.75, 3.05) is 22.6 Å². The molecule has 1 amide bonds. The van der Waals surface area contributed by atoms with E-state index in [1.165, 1.54) is 28.7 Å². The summed E-state index contributed by atoms with van der Waals surface area (Å²) in [6, 6.07) is 17.9. The number of nitrogens with zero attached hydrogens (tertiary/aromatic N) is 2. The Morgan fingerprint density at radius 1 is 1.12 bits per heavy atom. The van der Waals surface area contributed by atoms with Crippen molar-refractivity contribution in [3.63, 3.8) is 0 Å². The van der Waals surface area contributed by atoms with Gasteiger partial charge in [0.25, 0.3) is 0 Å². The quantitative estimate of drug-likeness (QED) is 0.537. The monoisotopic (exact) mass is 402 g/mol. The van der Waals surface area contributed by atoms with Crippen molar-refractivity contribution in [2.24, 2.45) is 0 Å². The summed E-state index contributed by atoms with van der Waals surface area (Å²) in [6.45, 7) is 0.701. The Bertz CT molecular complexity index is 854. The molecule has 0 aliphatic carbocycles. The topological polar surface area (TPSA) is 66.9 Å². The maximum atomic E-state index is 12.1. The normalized spacial score (nSPS) is 10.5. The molecule has 0 bridgehead atoms. The van der Waals surface area contributed by atoms with Gasteiger partial charge in [-0.15, -0.1) is 22.0 Å². The molecular weight excluding hydrogens is 384 g/mol. The summed E-state index contributed by atoms with van der Waals surface area (Å²) in [6.07, 6.45) is 2.01. The first-order valence-electron chi connectivity index (χ1n) is 7.91. The second-order valence-electron chi connectivity index (χ2n) is 5.28. The van der Waals surface area contributed by atoms with Crippen LogP contribution in [-0.4, -0.2) is 28.1 Å². The molecule has 134 valence electrons. The van der Waals surface area contributed by atoms with E-state index in [1.807, 2.05) is 48.7 Å². The van der Waals surface area contributed by atoms with Crippen LogP contribution in [0.5, 0.6) is 0 Å². The van der Waals surface area contributed by atoms with Crippen LogP contribution in [0.4, 0.5) is 10.8 Å². The van der Waals surface area contributed by atoms with E-state index in [0.717, 1.165) is 20.1 Å². The van der Waals surface area contributed by atoms with Crippen LogP contribution in [0.15, 0.2) is 63.8 Å². The molecule has 0 aliphatic rings. The minimum absolute atomic E-state index is 0.0535. The number of nitrogens with one attached hydrogen (secondary N) is 2. The Kier molecular flexibility index (Phi) is 6.93. The van der Waals surface area contributed by atoms with E-state index in [0.29, 0.717) is 12.3 Å². The van der Waals surface area contributed by atoms with Gasteiger partial charge >= 0.3 is 0 Å². The number of rotatable bonds is 8. The summed E-state index contributed by atoms with van der Waals surface area (Å²) in [5.74, 6) is 0.249. The zero-order valence-corrected chi connectivity index (χ0v) is 16.6. The van der Waals surface area contributed by atoms with Gasteiger partial charge in [-0.25, -0.2) is 0 Å². The van der Waals surface area contributed by atoms with Gasteiger partial charge in [-0.1, -0.05) is 59.5 Å². The average Bonchev–Trinajstić information content (AvgIpc) is 3.14. The summed E-state index contributed by atoms with van der Waals surface area (Å²) in [5, 5.41) is 15.2. The first-order chi connectivity index (χ1) is 12.7. The van der Waals surface area contributed by atoms with Gasteiger partial charge in [0, 0.05) is 17.1 Å². The fraction of sp³-hybridized carbons (Fsp3) is 0.167. The highest BCUT2D eigenvalue weighted by molar-refractivity contribution is 8.01. The van der Waals surface area contributed by atoms with Crippen molar-refractivity contribution in [3.8, 4) is 0 Å². The second kappa shape index (κ2) is 9.61. The number of hydrogen-bond acceptors (Lipinski definition) is 7. The van der Waals surface area contributed by atoms with E-state index in [9.17, 15) is 4.79 Å². The third-order valence-electron chi connectivity index (χ3n) is 3.37. The summed E-state index contributed by atoms with van der Waals surface area (Å²) < 4.78 is 0.772. The molecule has 3 rings (SSSR count). The smallest absolute Gasteiger partial charge is 0.234 e. The third kappa shape index (κ3) is 5.76. The Balaban J connectivity index is 1.46. The van der Waals surface area contributed by atoms with E-state index in [2.05, 4.69) is 33.0 Å². The highest BCUT2D eigenvalue weighted by atomic mass is 32.2. The molecular formula is C18H18N4OS3. The van der Waals surface area contributed by atoms with Gasteiger partial charge in [-0.3, -0.25) is 4.79 Å². The molecule has 0 unspecified atom stereocenters. The Hall–Kier alpha value is -2.03. The van der Waals surface area contributed by atoms with Crippen LogP contribution < -0.4 is 10.6 Å². The average molecular weight is 403 g/mol. The molecule has 8 heteroatoms. The Morgan fingerprint density at radius 2 is 1.96 bits per heavy atom. The molecule has 3 aromatic rings. The third-order valence-corrected chi connectivity index (χ3v) is 6.11. The van der Waals surface area contributed by atoms with E-state index in [1.54, 1.807) is 11.8 Å². The van der Waals surface area contributed by atoms with E-state index >= 15 is 0 Å².